The molecular weight excluding hydrogens is 388 g/mol. The maximum Gasteiger partial charge on any atom is 0.207 e. The average molecular weight is 413 g/mol. The molecule has 146 valence electrons. The smallest absolute Gasteiger partial charge is 0.207 e. The molecule has 0 heterocycles. The van der Waals surface area contributed by atoms with E-state index in [2.05, 4.69) is 20.8 Å². The third-order valence-corrected chi connectivity index (χ3v) is 6.97. The summed E-state index contributed by atoms with van der Waals surface area (Å²) in [4.78, 5) is 0.584. The van der Waals surface area contributed by atoms with Gasteiger partial charge in [0.1, 0.15) is 0 Å². The van der Waals surface area contributed by atoms with Crippen LogP contribution in [0.4, 0.5) is 0 Å². The Balaban J connectivity index is 2.44. The SMILES string of the molecule is Cc1cc(C)c(-c2c(Cl)cccc2C(C)(C)C)c(S(=O)(=O)c2ccccc2)c1. The van der Waals surface area contributed by atoms with Gasteiger partial charge in [-0.15, -0.1) is 0 Å². The van der Waals surface area contributed by atoms with Crippen LogP contribution >= 0.6 is 11.6 Å². The molecule has 2 nitrogen and oxygen atoms in total. The van der Waals surface area contributed by atoms with Crippen LogP contribution in [0.15, 0.2) is 70.5 Å². The standard InChI is InChI=1S/C24H25ClO2S/c1-16-14-17(2)22(23-19(24(3,4)5)12-9-13-20(23)25)21(15-16)28(26,27)18-10-7-6-8-11-18/h6-15H,1-5H3. The molecule has 0 radical (unpaired) electrons. The van der Waals surface area contributed by atoms with Gasteiger partial charge >= 0.3 is 0 Å². The fraction of sp³-hybridized carbons (Fsp3) is 0.250. The fourth-order valence-electron chi connectivity index (χ4n) is 3.59. The van der Waals surface area contributed by atoms with E-state index in [1.165, 1.54) is 0 Å². The highest BCUT2D eigenvalue weighted by Gasteiger charge is 2.28. The van der Waals surface area contributed by atoms with Gasteiger partial charge in [0.05, 0.1) is 9.79 Å². The minimum atomic E-state index is -3.70. The van der Waals surface area contributed by atoms with Gasteiger partial charge < -0.3 is 0 Å². The highest BCUT2D eigenvalue weighted by Crippen LogP contribution is 2.43. The summed E-state index contributed by atoms with van der Waals surface area (Å²) in [6.07, 6.45) is 0. The summed E-state index contributed by atoms with van der Waals surface area (Å²) in [6.45, 7) is 10.2. The van der Waals surface area contributed by atoms with E-state index >= 15 is 0 Å². The van der Waals surface area contributed by atoms with Gasteiger partial charge in [-0.2, -0.15) is 0 Å². The van der Waals surface area contributed by atoms with Crippen LogP contribution in [0, 0.1) is 13.8 Å². The molecular formula is C24H25ClO2S. The Labute approximate surface area is 173 Å². The lowest BCUT2D eigenvalue weighted by Crippen LogP contribution is -2.14. The fourth-order valence-corrected chi connectivity index (χ4v) is 5.50. The van der Waals surface area contributed by atoms with Gasteiger partial charge in [0, 0.05) is 16.1 Å². The average Bonchev–Trinajstić information content (AvgIpc) is 2.61. The lowest BCUT2D eigenvalue weighted by molar-refractivity contribution is 0.590. The third-order valence-electron chi connectivity index (χ3n) is 4.86. The van der Waals surface area contributed by atoms with E-state index in [0.29, 0.717) is 15.5 Å². The van der Waals surface area contributed by atoms with Gasteiger partial charge in [-0.1, -0.05) is 68.8 Å². The van der Waals surface area contributed by atoms with Crippen LogP contribution < -0.4 is 0 Å². The van der Waals surface area contributed by atoms with Crippen LogP contribution in [0.25, 0.3) is 11.1 Å². The second kappa shape index (κ2) is 7.38. The third kappa shape index (κ3) is 3.74. The molecule has 0 saturated heterocycles. The van der Waals surface area contributed by atoms with Crippen molar-refractivity contribution in [2.24, 2.45) is 0 Å². The molecule has 0 N–H and O–H groups in total. The summed E-state index contributed by atoms with van der Waals surface area (Å²) in [6, 6.07) is 18.1. The van der Waals surface area contributed by atoms with Crippen molar-refractivity contribution >= 4 is 21.4 Å². The van der Waals surface area contributed by atoms with Crippen LogP contribution in [-0.2, 0) is 15.3 Å². The molecule has 0 fully saturated rings. The monoisotopic (exact) mass is 412 g/mol. The zero-order valence-corrected chi connectivity index (χ0v) is 18.4. The molecule has 0 atom stereocenters. The number of halogens is 1. The zero-order valence-electron chi connectivity index (χ0n) is 16.9. The topological polar surface area (TPSA) is 34.1 Å². The minimum Gasteiger partial charge on any atom is -0.218 e. The van der Waals surface area contributed by atoms with Gasteiger partial charge in [-0.3, -0.25) is 0 Å². The number of sulfone groups is 1. The highest BCUT2D eigenvalue weighted by atomic mass is 35.5. The molecule has 0 aliphatic carbocycles. The Morgan fingerprint density at radius 3 is 2.07 bits per heavy atom. The summed E-state index contributed by atoms with van der Waals surface area (Å²) in [5.74, 6) is 0. The summed E-state index contributed by atoms with van der Waals surface area (Å²) >= 11 is 6.65. The molecule has 0 aliphatic rings. The predicted octanol–water partition coefficient (Wildman–Crippen LogP) is 6.75. The summed E-state index contributed by atoms with van der Waals surface area (Å²) in [7, 11) is -3.70. The first-order chi connectivity index (χ1) is 13.0. The first-order valence-corrected chi connectivity index (χ1v) is 11.1. The van der Waals surface area contributed by atoms with Crippen molar-refractivity contribution in [3.05, 3.63) is 82.4 Å². The molecule has 0 saturated carbocycles. The van der Waals surface area contributed by atoms with Crippen LogP contribution in [0.1, 0.15) is 37.5 Å². The van der Waals surface area contributed by atoms with Gasteiger partial charge in [-0.05, 0) is 60.2 Å². The van der Waals surface area contributed by atoms with E-state index in [9.17, 15) is 8.42 Å². The number of aryl methyl sites for hydroxylation is 2. The van der Waals surface area contributed by atoms with Crippen molar-refractivity contribution < 1.29 is 8.42 Å². The first-order valence-electron chi connectivity index (χ1n) is 9.24. The largest absolute Gasteiger partial charge is 0.218 e. The second-order valence-corrected chi connectivity index (χ2v) is 10.5. The number of hydrogen-bond donors (Lipinski definition) is 0. The molecule has 0 spiro atoms. The Hall–Kier alpha value is -2.10. The summed E-state index contributed by atoms with van der Waals surface area (Å²) in [5, 5.41) is 0.559. The van der Waals surface area contributed by atoms with Crippen LogP contribution in [0.2, 0.25) is 5.02 Å². The normalized spacial score (nSPS) is 12.2. The lowest BCUT2D eigenvalue weighted by Gasteiger charge is -2.26. The number of benzene rings is 3. The quantitative estimate of drug-likeness (QED) is 0.476. The van der Waals surface area contributed by atoms with E-state index in [4.69, 9.17) is 11.6 Å². The van der Waals surface area contributed by atoms with Crippen LogP contribution in [0.3, 0.4) is 0 Å². The van der Waals surface area contributed by atoms with Crippen LogP contribution in [-0.4, -0.2) is 8.42 Å². The molecule has 0 bridgehead atoms. The molecule has 28 heavy (non-hydrogen) atoms. The molecule has 0 amide bonds. The first kappa shape index (κ1) is 20.6. The van der Waals surface area contributed by atoms with Crippen molar-refractivity contribution in [1.29, 1.82) is 0 Å². The lowest BCUT2D eigenvalue weighted by atomic mass is 9.81. The molecule has 0 unspecified atom stereocenters. The van der Waals surface area contributed by atoms with Gasteiger partial charge in [-0.25, -0.2) is 8.42 Å². The number of hydrogen-bond acceptors (Lipinski definition) is 2. The molecule has 3 aromatic carbocycles. The van der Waals surface area contributed by atoms with Gasteiger partial charge in [0.15, 0.2) is 0 Å². The van der Waals surface area contributed by atoms with Crippen molar-refractivity contribution in [3.63, 3.8) is 0 Å². The molecule has 0 aliphatic heterocycles. The summed E-state index contributed by atoms with van der Waals surface area (Å²) in [5.41, 5.74) is 4.11. The predicted molar refractivity (Wildman–Crippen MR) is 117 cm³/mol. The van der Waals surface area contributed by atoms with E-state index in [0.717, 1.165) is 22.3 Å². The van der Waals surface area contributed by atoms with Crippen LogP contribution in [0.5, 0.6) is 0 Å². The van der Waals surface area contributed by atoms with Gasteiger partial charge in [0.2, 0.25) is 9.84 Å². The summed E-state index contributed by atoms with van der Waals surface area (Å²) < 4.78 is 27.1. The Kier molecular flexibility index (Phi) is 5.44. The van der Waals surface area contributed by atoms with E-state index in [1.54, 1.807) is 30.3 Å². The van der Waals surface area contributed by atoms with E-state index in [-0.39, 0.29) is 10.3 Å². The molecule has 0 aromatic heterocycles. The van der Waals surface area contributed by atoms with E-state index < -0.39 is 9.84 Å². The van der Waals surface area contributed by atoms with Crippen molar-refractivity contribution in [2.75, 3.05) is 0 Å². The second-order valence-electron chi connectivity index (χ2n) is 8.18. The Morgan fingerprint density at radius 2 is 1.46 bits per heavy atom. The minimum absolute atomic E-state index is 0.189. The molecule has 3 rings (SSSR count). The van der Waals surface area contributed by atoms with Crippen molar-refractivity contribution in [1.82, 2.24) is 0 Å². The van der Waals surface area contributed by atoms with Gasteiger partial charge in [0.25, 0.3) is 0 Å². The maximum absolute atomic E-state index is 13.6. The Morgan fingerprint density at radius 1 is 0.821 bits per heavy atom. The highest BCUT2D eigenvalue weighted by molar-refractivity contribution is 7.91. The number of rotatable bonds is 3. The molecule has 3 aromatic rings. The van der Waals surface area contributed by atoms with Crippen molar-refractivity contribution in [3.8, 4) is 11.1 Å². The maximum atomic E-state index is 13.6. The zero-order chi connectivity index (χ0) is 20.7. The van der Waals surface area contributed by atoms with Crippen molar-refractivity contribution in [2.45, 2.75) is 49.8 Å². The Bertz CT molecular complexity index is 1130. The molecule has 4 heteroatoms. The van der Waals surface area contributed by atoms with E-state index in [1.807, 2.05) is 44.2 Å².